The van der Waals surface area contributed by atoms with Crippen LogP contribution < -0.4 is 5.32 Å². The summed E-state index contributed by atoms with van der Waals surface area (Å²) in [6.07, 6.45) is 2.55. The third kappa shape index (κ3) is 3.39. The van der Waals surface area contributed by atoms with Crippen LogP contribution >= 0.6 is 0 Å². The third-order valence-electron chi connectivity index (χ3n) is 4.15. The number of likely N-dealkylation sites (tertiary alicyclic amines) is 1. The Morgan fingerprint density at radius 1 is 1.29 bits per heavy atom. The molecule has 2 aromatic rings. The van der Waals surface area contributed by atoms with Crippen LogP contribution in [0.4, 0.5) is 5.69 Å². The fourth-order valence-corrected chi connectivity index (χ4v) is 2.75. The highest BCUT2D eigenvalue weighted by atomic mass is 15.5. The van der Waals surface area contributed by atoms with E-state index in [0.29, 0.717) is 0 Å². The summed E-state index contributed by atoms with van der Waals surface area (Å²) < 4.78 is 1.75. The van der Waals surface area contributed by atoms with Gasteiger partial charge in [0.2, 0.25) is 0 Å². The number of rotatable bonds is 4. The van der Waals surface area contributed by atoms with Crippen molar-refractivity contribution in [3.05, 3.63) is 30.1 Å². The average molecular weight is 286 g/mol. The zero-order valence-corrected chi connectivity index (χ0v) is 12.7. The van der Waals surface area contributed by atoms with Gasteiger partial charge in [0, 0.05) is 12.2 Å². The molecule has 0 unspecified atom stereocenters. The molecule has 0 saturated carbocycles. The second-order valence-corrected chi connectivity index (χ2v) is 5.82. The zero-order chi connectivity index (χ0) is 14.7. The van der Waals surface area contributed by atoms with Gasteiger partial charge in [0.15, 0.2) is 5.82 Å². The van der Waals surface area contributed by atoms with E-state index in [-0.39, 0.29) is 0 Å². The standard InChI is InChI=1S/C15H22N6/c1-12-17-18-19-21(12)15-5-3-4-14(10-15)16-11-13-6-8-20(2)9-7-13/h3-5,10,13,16H,6-9,11H2,1-2H3. The lowest BCUT2D eigenvalue weighted by atomic mass is 9.97. The van der Waals surface area contributed by atoms with E-state index in [1.165, 1.54) is 25.9 Å². The summed E-state index contributed by atoms with van der Waals surface area (Å²) in [7, 11) is 2.20. The Morgan fingerprint density at radius 2 is 2.10 bits per heavy atom. The minimum absolute atomic E-state index is 0.764. The van der Waals surface area contributed by atoms with Crippen LogP contribution in [0.1, 0.15) is 18.7 Å². The molecule has 1 aromatic heterocycles. The molecule has 0 atom stereocenters. The van der Waals surface area contributed by atoms with Crippen LogP contribution in [0.3, 0.4) is 0 Å². The summed E-state index contributed by atoms with van der Waals surface area (Å²) in [6, 6.07) is 8.24. The van der Waals surface area contributed by atoms with Gasteiger partial charge in [0.05, 0.1) is 5.69 Å². The maximum Gasteiger partial charge on any atom is 0.153 e. The molecule has 112 valence electrons. The molecule has 1 saturated heterocycles. The molecule has 21 heavy (non-hydrogen) atoms. The molecule has 6 heteroatoms. The molecule has 0 aliphatic carbocycles. The van der Waals surface area contributed by atoms with Crippen molar-refractivity contribution in [2.24, 2.45) is 5.92 Å². The molecule has 2 heterocycles. The largest absolute Gasteiger partial charge is 0.385 e. The maximum absolute atomic E-state index is 4.01. The van der Waals surface area contributed by atoms with Gasteiger partial charge >= 0.3 is 0 Å². The number of piperidine rings is 1. The lowest BCUT2D eigenvalue weighted by Crippen LogP contribution is -2.32. The molecular weight excluding hydrogens is 264 g/mol. The summed E-state index contributed by atoms with van der Waals surface area (Å²) in [4.78, 5) is 2.40. The van der Waals surface area contributed by atoms with Crippen LogP contribution in [0.5, 0.6) is 0 Å². The van der Waals surface area contributed by atoms with E-state index in [4.69, 9.17) is 0 Å². The first-order valence-corrected chi connectivity index (χ1v) is 7.50. The first-order chi connectivity index (χ1) is 10.2. The Morgan fingerprint density at radius 3 is 2.81 bits per heavy atom. The van der Waals surface area contributed by atoms with Crippen molar-refractivity contribution in [2.75, 3.05) is 32.0 Å². The molecule has 0 radical (unpaired) electrons. The molecule has 1 aliphatic rings. The fraction of sp³-hybridized carbons (Fsp3) is 0.533. The third-order valence-corrected chi connectivity index (χ3v) is 4.15. The van der Waals surface area contributed by atoms with Gasteiger partial charge in [0.1, 0.15) is 0 Å². The molecule has 1 fully saturated rings. The number of hydrogen-bond acceptors (Lipinski definition) is 5. The second-order valence-electron chi connectivity index (χ2n) is 5.82. The Kier molecular flexibility index (Phi) is 4.15. The minimum Gasteiger partial charge on any atom is -0.385 e. The first-order valence-electron chi connectivity index (χ1n) is 7.50. The van der Waals surface area contributed by atoms with Crippen LogP contribution in [-0.4, -0.2) is 51.8 Å². The van der Waals surface area contributed by atoms with Crippen LogP contribution in [0, 0.1) is 12.8 Å². The second kappa shape index (κ2) is 6.22. The zero-order valence-electron chi connectivity index (χ0n) is 12.7. The lowest BCUT2D eigenvalue weighted by Gasteiger charge is -2.29. The highest BCUT2D eigenvalue weighted by Gasteiger charge is 2.16. The molecule has 1 N–H and O–H groups in total. The molecule has 1 aromatic carbocycles. The van der Waals surface area contributed by atoms with Crippen LogP contribution in [0.15, 0.2) is 24.3 Å². The van der Waals surface area contributed by atoms with Gasteiger partial charge in [-0.25, -0.2) is 0 Å². The number of tetrazole rings is 1. The monoisotopic (exact) mass is 286 g/mol. The molecule has 1 aliphatic heterocycles. The van der Waals surface area contributed by atoms with Crippen LogP contribution in [0.2, 0.25) is 0 Å². The van der Waals surface area contributed by atoms with Crippen LogP contribution in [0.25, 0.3) is 5.69 Å². The SMILES string of the molecule is Cc1nnnn1-c1cccc(NCC2CCN(C)CC2)c1. The number of hydrogen-bond donors (Lipinski definition) is 1. The van der Waals surface area contributed by atoms with Gasteiger partial charge in [-0.3, -0.25) is 0 Å². The van der Waals surface area contributed by atoms with Gasteiger partial charge in [0.25, 0.3) is 0 Å². The molecule has 6 nitrogen and oxygen atoms in total. The fourth-order valence-electron chi connectivity index (χ4n) is 2.75. The van der Waals surface area contributed by atoms with Crippen LogP contribution in [-0.2, 0) is 0 Å². The number of benzene rings is 1. The minimum atomic E-state index is 0.764. The van der Waals surface area contributed by atoms with Crippen molar-refractivity contribution in [3.63, 3.8) is 0 Å². The summed E-state index contributed by atoms with van der Waals surface area (Å²) in [5, 5.41) is 15.2. The Labute approximate surface area is 125 Å². The van der Waals surface area contributed by atoms with Crippen molar-refractivity contribution < 1.29 is 0 Å². The topological polar surface area (TPSA) is 58.9 Å². The lowest BCUT2D eigenvalue weighted by molar-refractivity contribution is 0.226. The quantitative estimate of drug-likeness (QED) is 0.927. The smallest absolute Gasteiger partial charge is 0.153 e. The Hall–Kier alpha value is -1.95. The van der Waals surface area contributed by atoms with E-state index in [9.17, 15) is 0 Å². The van der Waals surface area contributed by atoms with Gasteiger partial charge < -0.3 is 10.2 Å². The van der Waals surface area contributed by atoms with Crippen molar-refractivity contribution in [1.29, 1.82) is 0 Å². The highest BCUT2D eigenvalue weighted by Crippen LogP contribution is 2.19. The molecule has 0 amide bonds. The normalized spacial score (nSPS) is 17.0. The average Bonchev–Trinajstić information content (AvgIpc) is 2.93. The van der Waals surface area contributed by atoms with Crippen molar-refractivity contribution in [3.8, 4) is 5.69 Å². The predicted octanol–water partition coefficient (Wildman–Crippen LogP) is 1.72. The maximum atomic E-state index is 4.01. The number of aryl methyl sites for hydroxylation is 1. The van der Waals surface area contributed by atoms with E-state index in [2.05, 4.69) is 44.9 Å². The van der Waals surface area contributed by atoms with Gasteiger partial charge in [-0.1, -0.05) is 6.07 Å². The Bertz CT molecular complexity index is 585. The first kappa shape index (κ1) is 14.0. The van der Waals surface area contributed by atoms with E-state index < -0.39 is 0 Å². The van der Waals surface area contributed by atoms with Gasteiger partial charge in [-0.15, -0.1) is 5.10 Å². The van der Waals surface area contributed by atoms with E-state index in [0.717, 1.165) is 29.7 Å². The summed E-state index contributed by atoms with van der Waals surface area (Å²) in [5.74, 6) is 1.56. The number of aromatic nitrogens is 4. The van der Waals surface area contributed by atoms with E-state index >= 15 is 0 Å². The molecule has 0 bridgehead atoms. The molecule has 3 rings (SSSR count). The summed E-state index contributed by atoms with van der Waals surface area (Å²) >= 11 is 0. The predicted molar refractivity (Wildman–Crippen MR) is 82.6 cm³/mol. The van der Waals surface area contributed by atoms with Gasteiger partial charge in [-0.05, 0) is 74.4 Å². The Balaban J connectivity index is 1.63. The molecular formula is C15H22N6. The van der Waals surface area contributed by atoms with E-state index in [1.54, 1.807) is 4.68 Å². The summed E-state index contributed by atoms with van der Waals surface area (Å²) in [6.45, 7) is 5.34. The number of nitrogens with zero attached hydrogens (tertiary/aromatic N) is 5. The summed E-state index contributed by atoms with van der Waals surface area (Å²) in [5.41, 5.74) is 2.12. The highest BCUT2D eigenvalue weighted by molar-refractivity contribution is 5.51. The van der Waals surface area contributed by atoms with Gasteiger partial charge in [-0.2, -0.15) is 4.68 Å². The molecule has 0 spiro atoms. The van der Waals surface area contributed by atoms with E-state index in [1.807, 2.05) is 19.1 Å². The van der Waals surface area contributed by atoms with Crippen molar-refractivity contribution in [2.45, 2.75) is 19.8 Å². The van der Waals surface area contributed by atoms with Crippen molar-refractivity contribution >= 4 is 5.69 Å². The number of anilines is 1. The number of nitrogens with one attached hydrogen (secondary N) is 1. The van der Waals surface area contributed by atoms with Crippen molar-refractivity contribution in [1.82, 2.24) is 25.1 Å².